The van der Waals surface area contributed by atoms with Crippen LogP contribution in [0, 0.1) is 19.3 Å². The van der Waals surface area contributed by atoms with Gasteiger partial charge >= 0.3 is 6.18 Å². The minimum Gasteiger partial charge on any atom is -0.385 e. The van der Waals surface area contributed by atoms with E-state index in [1.807, 2.05) is 19.1 Å². The maximum atomic E-state index is 13.1. The molecule has 1 aromatic heterocycles. The highest BCUT2D eigenvalue weighted by Gasteiger charge is 2.54. The van der Waals surface area contributed by atoms with Crippen molar-refractivity contribution in [2.24, 2.45) is 5.41 Å². The van der Waals surface area contributed by atoms with Crippen LogP contribution in [0.2, 0.25) is 0 Å². The maximum absolute atomic E-state index is 13.1. The summed E-state index contributed by atoms with van der Waals surface area (Å²) < 4.78 is 39.3. The fraction of sp³-hybridized carbons (Fsp3) is 0.423. The summed E-state index contributed by atoms with van der Waals surface area (Å²) in [5.41, 5.74) is 0.443. The van der Waals surface area contributed by atoms with Crippen molar-refractivity contribution in [3.63, 3.8) is 0 Å². The summed E-state index contributed by atoms with van der Waals surface area (Å²) >= 11 is 6.20. The highest BCUT2D eigenvalue weighted by molar-refractivity contribution is 6.18. The standard InChI is InChI=1S/C26H28ClF3N4O2/c1-15-7-20(25(36)11-24(12-25,13-27)14-32-17(3)35)9-21-22(15)33-16(2)34-23(21)31-10-18-5-4-6-19(8-18)26(28,29)30/h4-9,36H,10-14H2,1-3H3,(H,32,35)(H,31,33,34). The van der Waals surface area contributed by atoms with Gasteiger partial charge in [-0.1, -0.05) is 18.2 Å². The first kappa shape index (κ1) is 26.2. The molecular weight excluding hydrogens is 493 g/mol. The highest BCUT2D eigenvalue weighted by Crippen LogP contribution is 2.55. The van der Waals surface area contributed by atoms with E-state index >= 15 is 0 Å². The van der Waals surface area contributed by atoms with Crippen molar-refractivity contribution >= 4 is 34.2 Å². The summed E-state index contributed by atoms with van der Waals surface area (Å²) in [6.07, 6.45) is -3.65. The summed E-state index contributed by atoms with van der Waals surface area (Å²) in [6.45, 7) is 5.60. The van der Waals surface area contributed by atoms with E-state index in [-0.39, 0.29) is 12.5 Å². The Kier molecular flexibility index (Phi) is 6.92. The van der Waals surface area contributed by atoms with Crippen molar-refractivity contribution in [1.82, 2.24) is 15.3 Å². The summed E-state index contributed by atoms with van der Waals surface area (Å²) in [6, 6.07) is 8.86. The smallest absolute Gasteiger partial charge is 0.385 e. The van der Waals surface area contributed by atoms with Gasteiger partial charge in [-0.15, -0.1) is 11.6 Å². The number of alkyl halides is 4. The van der Waals surface area contributed by atoms with Gasteiger partial charge in [0.15, 0.2) is 0 Å². The Bertz CT molecular complexity index is 1310. The van der Waals surface area contributed by atoms with Crippen molar-refractivity contribution in [2.45, 2.75) is 51.9 Å². The molecule has 6 nitrogen and oxygen atoms in total. The average molecular weight is 521 g/mol. The molecule has 3 N–H and O–H groups in total. The second-order valence-corrected chi connectivity index (χ2v) is 10.1. The zero-order valence-corrected chi connectivity index (χ0v) is 21.0. The largest absolute Gasteiger partial charge is 0.416 e. The number of amides is 1. The molecule has 1 heterocycles. The average Bonchev–Trinajstić information content (AvgIpc) is 2.79. The van der Waals surface area contributed by atoms with E-state index in [0.29, 0.717) is 58.9 Å². The van der Waals surface area contributed by atoms with Crippen LogP contribution in [0.3, 0.4) is 0 Å². The number of benzene rings is 2. The third-order valence-corrected chi connectivity index (χ3v) is 7.25. The first-order chi connectivity index (χ1) is 16.8. The summed E-state index contributed by atoms with van der Waals surface area (Å²) in [5.74, 6) is 1.14. The molecule has 1 aliphatic rings. The zero-order chi connectivity index (χ0) is 26.3. The molecule has 36 heavy (non-hydrogen) atoms. The minimum atomic E-state index is -4.42. The van der Waals surface area contributed by atoms with Crippen LogP contribution in [0.4, 0.5) is 19.0 Å². The van der Waals surface area contributed by atoms with Gasteiger partial charge < -0.3 is 15.7 Å². The Hall–Kier alpha value is -2.91. The van der Waals surface area contributed by atoms with Crippen molar-refractivity contribution < 1.29 is 23.1 Å². The summed E-state index contributed by atoms with van der Waals surface area (Å²) in [4.78, 5) is 20.4. The van der Waals surface area contributed by atoms with Crippen LogP contribution < -0.4 is 10.6 Å². The lowest BCUT2D eigenvalue weighted by atomic mass is 9.57. The third-order valence-electron chi connectivity index (χ3n) is 6.69. The van der Waals surface area contributed by atoms with Crippen LogP contribution in [0.5, 0.6) is 0 Å². The quantitative estimate of drug-likeness (QED) is 0.372. The van der Waals surface area contributed by atoms with E-state index in [4.69, 9.17) is 11.6 Å². The molecule has 3 aromatic rings. The lowest BCUT2D eigenvalue weighted by molar-refractivity contribution is -0.137. The Labute approximate surface area is 212 Å². The van der Waals surface area contributed by atoms with E-state index in [9.17, 15) is 23.1 Å². The number of hydrogen-bond donors (Lipinski definition) is 3. The van der Waals surface area contributed by atoms with E-state index < -0.39 is 22.8 Å². The first-order valence-electron chi connectivity index (χ1n) is 11.6. The van der Waals surface area contributed by atoms with Crippen LogP contribution in [0.25, 0.3) is 10.9 Å². The highest BCUT2D eigenvalue weighted by atomic mass is 35.5. The molecule has 2 aromatic carbocycles. The van der Waals surface area contributed by atoms with Gasteiger partial charge in [-0.3, -0.25) is 4.79 Å². The molecule has 0 spiro atoms. The van der Waals surface area contributed by atoms with E-state index in [2.05, 4.69) is 20.6 Å². The van der Waals surface area contributed by atoms with Gasteiger partial charge in [-0.2, -0.15) is 13.2 Å². The minimum absolute atomic E-state index is 0.134. The van der Waals surface area contributed by atoms with Crippen LogP contribution in [0.15, 0.2) is 36.4 Å². The summed E-state index contributed by atoms with van der Waals surface area (Å²) in [7, 11) is 0. The number of carbonyl (C=O) groups is 1. The molecule has 0 saturated heterocycles. The van der Waals surface area contributed by atoms with Crippen LogP contribution in [-0.2, 0) is 23.1 Å². The number of fused-ring (bicyclic) bond motifs is 1. The number of carbonyl (C=O) groups excluding carboxylic acids is 1. The number of nitrogens with zero attached hydrogens (tertiary/aromatic N) is 2. The monoisotopic (exact) mass is 520 g/mol. The van der Waals surface area contributed by atoms with E-state index in [0.717, 1.165) is 17.7 Å². The number of nitrogens with one attached hydrogen (secondary N) is 2. The number of hydrogen-bond acceptors (Lipinski definition) is 5. The Morgan fingerprint density at radius 2 is 1.89 bits per heavy atom. The second kappa shape index (κ2) is 9.52. The molecule has 1 aliphatic carbocycles. The molecule has 192 valence electrons. The van der Waals surface area contributed by atoms with Crippen LogP contribution in [0.1, 0.15) is 47.8 Å². The van der Waals surface area contributed by atoms with Gasteiger partial charge in [0, 0.05) is 36.7 Å². The number of anilines is 1. The zero-order valence-electron chi connectivity index (χ0n) is 20.3. The number of rotatable bonds is 7. The molecule has 0 unspecified atom stereocenters. The molecule has 1 amide bonds. The van der Waals surface area contributed by atoms with Gasteiger partial charge in [0.1, 0.15) is 11.6 Å². The number of aromatic nitrogens is 2. The SMILES string of the molecule is CC(=O)NCC1(CCl)CC(O)(c2cc(C)c3nc(C)nc(NCc4cccc(C(F)(F)F)c4)c3c2)C1. The van der Waals surface area contributed by atoms with Crippen molar-refractivity contribution in [2.75, 3.05) is 17.7 Å². The fourth-order valence-electron chi connectivity index (χ4n) is 4.94. The number of halogens is 4. The van der Waals surface area contributed by atoms with Crippen molar-refractivity contribution in [3.05, 3.63) is 64.5 Å². The van der Waals surface area contributed by atoms with Crippen LogP contribution >= 0.6 is 11.6 Å². The topological polar surface area (TPSA) is 87.1 Å². The predicted octanol–water partition coefficient (Wildman–Crippen LogP) is 5.22. The molecule has 0 atom stereocenters. The van der Waals surface area contributed by atoms with Gasteiger partial charge in [0.25, 0.3) is 0 Å². The van der Waals surface area contributed by atoms with E-state index in [1.54, 1.807) is 13.0 Å². The van der Waals surface area contributed by atoms with Gasteiger partial charge in [-0.25, -0.2) is 9.97 Å². The Balaban J connectivity index is 1.64. The summed E-state index contributed by atoms with van der Waals surface area (Å²) in [5, 5.41) is 18.0. The molecule has 0 bridgehead atoms. The molecule has 1 saturated carbocycles. The first-order valence-corrected chi connectivity index (χ1v) is 12.1. The molecule has 1 fully saturated rings. The van der Waals surface area contributed by atoms with Crippen LogP contribution in [-0.4, -0.2) is 33.4 Å². The molecule has 0 radical (unpaired) electrons. The number of aliphatic hydroxyl groups is 1. The molecule has 10 heteroatoms. The maximum Gasteiger partial charge on any atom is 0.416 e. The molecule has 0 aliphatic heterocycles. The predicted molar refractivity (Wildman–Crippen MR) is 133 cm³/mol. The van der Waals surface area contributed by atoms with Crippen molar-refractivity contribution in [1.29, 1.82) is 0 Å². The fourth-order valence-corrected chi connectivity index (χ4v) is 5.22. The second-order valence-electron chi connectivity index (χ2n) is 9.79. The lowest BCUT2D eigenvalue weighted by Gasteiger charge is -2.53. The normalized spacial score (nSPS) is 21.8. The van der Waals surface area contributed by atoms with E-state index in [1.165, 1.54) is 13.0 Å². The van der Waals surface area contributed by atoms with Gasteiger partial charge in [0.2, 0.25) is 5.91 Å². The van der Waals surface area contributed by atoms with Gasteiger partial charge in [0.05, 0.1) is 16.7 Å². The van der Waals surface area contributed by atoms with Crippen molar-refractivity contribution in [3.8, 4) is 0 Å². The number of aryl methyl sites for hydroxylation is 2. The Morgan fingerprint density at radius 3 is 2.53 bits per heavy atom. The Morgan fingerprint density at radius 1 is 1.17 bits per heavy atom. The third kappa shape index (κ3) is 5.27. The molecule has 4 rings (SSSR count). The lowest BCUT2D eigenvalue weighted by Crippen LogP contribution is -2.55. The molecular formula is C26H28ClF3N4O2. The van der Waals surface area contributed by atoms with Gasteiger partial charge in [-0.05, 0) is 61.6 Å².